The highest BCUT2D eigenvalue weighted by molar-refractivity contribution is 5.96. The molecule has 0 radical (unpaired) electrons. The average molecular weight is 219 g/mol. The molecule has 0 bridgehead atoms. The lowest BCUT2D eigenvalue weighted by molar-refractivity contribution is 0.0972. The van der Waals surface area contributed by atoms with Gasteiger partial charge >= 0.3 is 0 Å². The predicted molar refractivity (Wildman–Crippen MR) is 67.9 cm³/mol. The first-order chi connectivity index (χ1) is 7.63. The zero-order valence-electron chi connectivity index (χ0n) is 10.5. The summed E-state index contributed by atoms with van der Waals surface area (Å²) in [5.41, 5.74) is 2.12. The lowest BCUT2D eigenvalue weighted by Gasteiger charge is -2.09. The third kappa shape index (κ3) is 4.15. The molecule has 0 fully saturated rings. The molecule has 0 aromatic heterocycles. The Hall–Kier alpha value is -1.15. The first-order valence-corrected chi connectivity index (χ1v) is 5.90. The van der Waals surface area contributed by atoms with Crippen molar-refractivity contribution in [1.82, 2.24) is 4.90 Å². The molecule has 2 nitrogen and oxygen atoms in total. The van der Waals surface area contributed by atoms with E-state index < -0.39 is 0 Å². The summed E-state index contributed by atoms with van der Waals surface area (Å²) in [5.74, 6) is 0.242. The Morgan fingerprint density at radius 2 is 2.06 bits per heavy atom. The van der Waals surface area contributed by atoms with E-state index in [2.05, 4.69) is 13.0 Å². The minimum Gasteiger partial charge on any atom is -0.309 e. The highest BCUT2D eigenvalue weighted by Crippen LogP contribution is 2.09. The molecule has 0 unspecified atom stereocenters. The molecule has 0 aliphatic rings. The molecule has 0 saturated heterocycles. The number of hydrogen-bond donors (Lipinski definition) is 0. The lowest BCUT2D eigenvalue weighted by Crippen LogP contribution is -2.16. The number of hydrogen-bond acceptors (Lipinski definition) is 2. The third-order valence-corrected chi connectivity index (χ3v) is 2.57. The maximum absolute atomic E-state index is 11.9. The van der Waals surface area contributed by atoms with Crippen molar-refractivity contribution in [1.29, 1.82) is 0 Å². The van der Waals surface area contributed by atoms with Gasteiger partial charge in [-0.25, -0.2) is 0 Å². The maximum Gasteiger partial charge on any atom is 0.164 e. The maximum atomic E-state index is 11.9. The van der Waals surface area contributed by atoms with E-state index in [1.807, 2.05) is 37.2 Å². The van der Waals surface area contributed by atoms with E-state index >= 15 is 0 Å². The van der Waals surface area contributed by atoms with Gasteiger partial charge in [-0.05, 0) is 32.1 Å². The molecule has 0 N–H and O–H groups in total. The molecule has 0 aliphatic heterocycles. The predicted octanol–water partition coefficient (Wildman–Crippen LogP) is 2.77. The van der Waals surface area contributed by atoms with Crippen molar-refractivity contribution in [2.24, 2.45) is 0 Å². The van der Waals surface area contributed by atoms with Crippen molar-refractivity contribution in [2.75, 3.05) is 20.6 Å². The molecule has 2 heteroatoms. The minimum absolute atomic E-state index is 0.242. The number of carbonyl (C=O) groups is 1. The van der Waals surface area contributed by atoms with Gasteiger partial charge in [0.15, 0.2) is 5.78 Å². The number of aryl methyl sites for hydroxylation is 1. The SMILES string of the molecule is CCCc1cccc(C(=O)CCN(C)C)c1. The Balaban J connectivity index is 2.64. The quantitative estimate of drug-likeness (QED) is 0.686. The number of carbonyl (C=O) groups excluding carboxylic acids is 1. The standard InChI is InChI=1S/C14H21NO/c1-4-6-12-7-5-8-13(11-12)14(16)9-10-15(2)3/h5,7-8,11H,4,6,9-10H2,1-3H3. The van der Waals surface area contributed by atoms with Crippen LogP contribution in [0.5, 0.6) is 0 Å². The van der Waals surface area contributed by atoms with E-state index in [4.69, 9.17) is 0 Å². The molecule has 16 heavy (non-hydrogen) atoms. The molecule has 1 rings (SSSR count). The van der Waals surface area contributed by atoms with Crippen LogP contribution in [0.1, 0.15) is 35.7 Å². The highest BCUT2D eigenvalue weighted by atomic mass is 16.1. The molecule has 0 atom stereocenters. The van der Waals surface area contributed by atoms with Gasteiger partial charge in [0, 0.05) is 18.5 Å². The van der Waals surface area contributed by atoms with Gasteiger partial charge in [0.2, 0.25) is 0 Å². The van der Waals surface area contributed by atoms with E-state index in [1.54, 1.807) is 0 Å². The number of ketones is 1. The van der Waals surface area contributed by atoms with Crippen molar-refractivity contribution in [3.05, 3.63) is 35.4 Å². The van der Waals surface area contributed by atoms with Gasteiger partial charge in [-0.3, -0.25) is 4.79 Å². The molecule has 1 aromatic rings. The average Bonchev–Trinajstić information content (AvgIpc) is 2.26. The monoisotopic (exact) mass is 219 g/mol. The Kier molecular flexibility index (Phi) is 5.20. The van der Waals surface area contributed by atoms with E-state index in [0.717, 1.165) is 24.9 Å². The molecule has 88 valence electrons. The van der Waals surface area contributed by atoms with E-state index in [9.17, 15) is 4.79 Å². The lowest BCUT2D eigenvalue weighted by atomic mass is 10.0. The van der Waals surface area contributed by atoms with Gasteiger partial charge in [-0.2, -0.15) is 0 Å². The van der Waals surface area contributed by atoms with Crippen LogP contribution in [0.4, 0.5) is 0 Å². The summed E-state index contributed by atoms with van der Waals surface area (Å²) < 4.78 is 0. The van der Waals surface area contributed by atoms with Crippen LogP contribution in [0.25, 0.3) is 0 Å². The van der Waals surface area contributed by atoms with Gasteiger partial charge < -0.3 is 4.90 Å². The largest absolute Gasteiger partial charge is 0.309 e. The molecule has 0 aliphatic carbocycles. The van der Waals surface area contributed by atoms with E-state index in [1.165, 1.54) is 5.56 Å². The fraction of sp³-hybridized carbons (Fsp3) is 0.500. The zero-order valence-corrected chi connectivity index (χ0v) is 10.5. The topological polar surface area (TPSA) is 20.3 Å². The zero-order chi connectivity index (χ0) is 12.0. The van der Waals surface area contributed by atoms with Crippen molar-refractivity contribution in [3.63, 3.8) is 0 Å². The fourth-order valence-electron chi connectivity index (χ4n) is 1.66. The van der Waals surface area contributed by atoms with Crippen LogP contribution < -0.4 is 0 Å². The molecular formula is C14H21NO. The summed E-state index contributed by atoms with van der Waals surface area (Å²) in [6, 6.07) is 8.01. The fourth-order valence-corrected chi connectivity index (χ4v) is 1.66. The normalized spacial score (nSPS) is 10.8. The van der Waals surface area contributed by atoms with Gasteiger partial charge in [0.05, 0.1) is 0 Å². The van der Waals surface area contributed by atoms with Gasteiger partial charge in [0.25, 0.3) is 0 Å². The summed E-state index contributed by atoms with van der Waals surface area (Å²) >= 11 is 0. The number of benzene rings is 1. The summed E-state index contributed by atoms with van der Waals surface area (Å²) in [7, 11) is 3.97. The molecule has 0 heterocycles. The first kappa shape index (κ1) is 12.9. The summed E-state index contributed by atoms with van der Waals surface area (Å²) in [6.45, 7) is 2.97. The summed E-state index contributed by atoms with van der Waals surface area (Å²) in [4.78, 5) is 13.9. The van der Waals surface area contributed by atoms with Crippen molar-refractivity contribution >= 4 is 5.78 Å². The van der Waals surface area contributed by atoms with Gasteiger partial charge in [0.1, 0.15) is 0 Å². The van der Waals surface area contributed by atoms with Crippen LogP contribution in [0, 0.1) is 0 Å². The smallest absolute Gasteiger partial charge is 0.164 e. The summed E-state index contributed by atoms with van der Waals surface area (Å²) in [6.07, 6.45) is 2.77. The second-order valence-electron chi connectivity index (χ2n) is 4.43. The van der Waals surface area contributed by atoms with E-state index in [0.29, 0.717) is 6.42 Å². The van der Waals surface area contributed by atoms with Crippen LogP contribution in [0.3, 0.4) is 0 Å². The number of nitrogens with zero attached hydrogens (tertiary/aromatic N) is 1. The minimum atomic E-state index is 0.242. The van der Waals surface area contributed by atoms with Gasteiger partial charge in [-0.1, -0.05) is 31.5 Å². The second-order valence-corrected chi connectivity index (χ2v) is 4.43. The van der Waals surface area contributed by atoms with Crippen molar-refractivity contribution in [2.45, 2.75) is 26.2 Å². The Labute approximate surface area is 98.3 Å². The molecule has 1 aromatic carbocycles. The molecule has 0 amide bonds. The third-order valence-electron chi connectivity index (χ3n) is 2.57. The Bertz CT molecular complexity index is 344. The van der Waals surface area contributed by atoms with Crippen LogP contribution in [0.15, 0.2) is 24.3 Å². The van der Waals surface area contributed by atoms with Crippen LogP contribution >= 0.6 is 0 Å². The Morgan fingerprint density at radius 1 is 1.31 bits per heavy atom. The Morgan fingerprint density at radius 3 is 2.69 bits per heavy atom. The van der Waals surface area contributed by atoms with Crippen molar-refractivity contribution in [3.8, 4) is 0 Å². The highest BCUT2D eigenvalue weighted by Gasteiger charge is 2.06. The van der Waals surface area contributed by atoms with Crippen LogP contribution in [-0.2, 0) is 6.42 Å². The number of rotatable bonds is 6. The second kappa shape index (κ2) is 6.44. The van der Waals surface area contributed by atoms with Gasteiger partial charge in [-0.15, -0.1) is 0 Å². The first-order valence-electron chi connectivity index (χ1n) is 5.90. The number of Topliss-reactive ketones (excluding diaryl/α,β-unsaturated/α-hetero) is 1. The molecule has 0 spiro atoms. The van der Waals surface area contributed by atoms with Crippen LogP contribution in [0.2, 0.25) is 0 Å². The summed E-state index contributed by atoms with van der Waals surface area (Å²) in [5, 5.41) is 0. The molecule has 0 saturated carbocycles. The van der Waals surface area contributed by atoms with Crippen molar-refractivity contribution < 1.29 is 4.79 Å². The van der Waals surface area contributed by atoms with Crippen LogP contribution in [-0.4, -0.2) is 31.3 Å². The van der Waals surface area contributed by atoms with E-state index in [-0.39, 0.29) is 5.78 Å². The molecular weight excluding hydrogens is 198 g/mol.